The summed E-state index contributed by atoms with van der Waals surface area (Å²) in [5.41, 5.74) is 0. The summed E-state index contributed by atoms with van der Waals surface area (Å²) in [6.07, 6.45) is 9.65. The molecular formula is C11H14ClN5. The fourth-order valence-corrected chi connectivity index (χ4v) is 1.95. The molecule has 17 heavy (non-hydrogen) atoms. The zero-order chi connectivity index (χ0) is 10.8. The molecule has 0 atom stereocenters. The van der Waals surface area contributed by atoms with Crippen LogP contribution in [0.1, 0.15) is 12.8 Å². The van der Waals surface area contributed by atoms with Gasteiger partial charge in [0.25, 0.3) is 0 Å². The molecule has 1 saturated heterocycles. The van der Waals surface area contributed by atoms with E-state index in [9.17, 15) is 0 Å². The van der Waals surface area contributed by atoms with Gasteiger partial charge in [-0.15, -0.1) is 12.4 Å². The molecule has 0 amide bonds. The maximum atomic E-state index is 4.54. The molecule has 0 N–H and O–H groups in total. The van der Waals surface area contributed by atoms with E-state index < -0.39 is 0 Å². The number of nitrogens with zero attached hydrogens (tertiary/aromatic N) is 5. The number of hydrogen-bond acceptors (Lipinski definition) is 4. The van der Waals surface area contributed by atoms with Gasteiger partial charge in [-0.3, -0.25) is 4.57 Å². The Kier molecular flexibility index (Phi) is 3.58. The van der Waals surface area contributed by atoms with E-state index >= 15 is 0 Å². The van der Waals surface area contributed by atoms with Gasteiger partial charge in [-0.25, -0.2) is 9.97 Å². The van der Waals surface area contributed by atoms with Crippen molar-refractivity contribution in [3.05, 3.63) is 31.0 Å². The van der Waals surface area contributed by atoms with Crippen LogP contribution in [-0.2, 0) is 0 Å². The van der Waals surface area contributed by atoms with E-state index in [4.69, 9.17) is 0 Å². The van der Waals surface area contributed by atoms with Crippen molar-refractivity contribution < 1.29 is 0 Å². The molecule has 0 spiro atoms. The van der Waals surface area contributed by atoms with Crippen molar-refractivity contribution in [3.8, 4) is 5.82 Å². The number of imidazole rings is 1. The first kappa shape index (κ1) is 11.9. The summed E-state index contributed by atoms with van der Waals surface area (Å²) in [5.74, 6) is 1.69. The van der Waals surface area contributed by atoms with Gasteiger partial charge < -0.3 is 4.90 Å². The lowest BCUT2D eigenvalue weighted by Crippen LogP contribution is -2.20. The summed E-state index contributed by atoms with van der Waals surface area (Å²) < 4.78 is 1.89. The summed E-state index contributed by atoms with van der Waals surface area (Å²) in [6, 6.07) is 1.89. The van der Waals surface area contributed by atoms with Crippen LogP contribution in [0, 0.1) is 0 Å². The van der Waals surface area contributed by atoms with Gasteiger partial charge in [0.1, 0.15) is 12.1 Å². The van der Waals surface area contributed by atoms with Gasteiger partial charge in [-0.1, -0.05) is 0 Å². The first-order valence-electron chi connectivity index (χ1n) is 5.50. The van der Waals surface area contributed by atoms with Crippen LogP contribution in [-0.4, -0.2) is 32.6 Å². The Labute approximate surface area is 106 Å². The van der Waals surface area contributed by atoms with Crippen molar-refractivity contribution in [3.63, 3.8) is 0 Å². The van der Waals surface area contributed by atoms with Crippen LogP contribution in [0.4, 0.5) is 5.95 Å². The minimum absolute atomic E-state index is 0. The lowest BCUT2D eigenvalue weighted by atomic mass is 10.4. The van der Waals surface area contributed by atoms with Gasteiger partial charge in [0, 0.05) is 31.7 Å². The summed E-state index contributed by atoms with van der Waals surface area (Å²) >= 11 is 0. The quantitative estimate of drug-likeness (QED) is 0.815. The van der Waals surface area contributed by atoms with E-state index in [0.717, 1.165) is 24.9 Å². The standard InChI is InChI=1S/C11H13N5.ClH/c1-2-7-15(6-1)11-13-4-3-10(14-11)16-8-5-12-9-16;/h3-5,8-9H,1-2,6-7H2;1H. The molecule has 0 saturated carbocycles. The van der Waals surface area contributed by atoms with E-state index in [1.165, 1.54) is 12.8 Å². The summed E-state index contributed by atoms with van der Waals surface area (Å²) in [4.78, 5) is 15.1. The zero-order valence-corrected chi connectivity index (χ0v) is 10.2. The molecule has 1 aliphatic rings. The van der Waals surface area contributed by atoms with E-state index in [0.29, 0.717) is 0 Å². The van der Waals surface area contributed by atoms with Gasteiger partial charge in [0.05, 0.1) is 0 Å². The molecule has 6 heteroatoms. The van der Waals surface area contributed by atoms with Crippen LogP contribution in [0.3, 0.4) is 0 Å². The monoisotopic (exact) mass is 251 g/mol. The number of aromatic nitrogens is 4. The van der Waals surface area contributed by atoms with Crippen molar-refractivity contribution >= 4 is 18.4 Å². The van der Waals surface area contributed by atoms with E-state index in [2.05, 4.69) is 19.9 Å². The largest absolute Gasteiger partial charge is 0.341 e. The number of rotatable bonds is 2. The molecule has 1 aliphatic heterocycles. The number of halogens is 1. The molecule has 3 rings (SSSR count). The van der Waals surface area contributed by atoms with Crippen molar-refractivity contribution in [1.29, 1.82) is 0 Å². The molecule has 0 aromatic carbocycles. The minimum Gasteiger partial charge on any atom is -0.341 e. The topological polar surface area (TPSA) is 46.8 Å². The highest BCUT2D eigenvalue weighted by Gasteiger charge is 2.15. The normalized spacial score (nSPS) is 14.7. The SMILES string of the molecule is Cl.c1cn(-c2ccnc(N3CCCC3)n2)cn1. The van der Waals surface area contributed by atoms with Crippen LogP contribution in [0.15, 0.2) is 31.0 Å². The Morgan fingerprint density at radius 3 is 2.65 bits per heavy atom. The highest BCUT2D eigenvalue weighted by Crippen LogP contribution is 2.16. The van der Waals surface area contributed by atoms with Crippen LogP contribution < -0.4 is 4.90 Å². The second-order valence-corrected chi connectivity index (χ2v) is 3.88. The third-order valence-electron chi connectivity index (χ3n) is 2.79. The molecule has 0 bridgehead atoms. The zero-order valence-electron chi connectivity index (χ0n) is 9.36. The Balaban J connectivity index is 0.00000108. The van der Waals surface area contributed by atoms with E-state index in [1.54, 1.807) is 18.7 Å². The number of hydrogen-bond donors (Lipinski definition) is 0. The number of anilines is 1. The predicted octanol–water partition coefficient (Wildman–Crippen LogP) is 1.68. The van der Waals surface area contributed by atoms with Crippen LogP contribution >= 0.6 is 12.4 Å². The van der Waals surface area contributed by atoms with E-state index in [1.807, 2.05) is 16.8 Å². The fourth-order valence-electron chi connectivity index (χ4n) is 1.95. The lowest BCUT2D eigenvalue weighted by Gasteiger charge is -2.15. The highest BCUT2D eigenvalue weighted by molar-refractivity contribution is 5.85. The predicted molar refractivity (Wildman–Crippen MR) is 67.8 cm³/mol. The third kappa shape index (κ3) is 2.39. The molecule has 3 heterocycles. The molecule has 0 radical (unpaired) electrons. The van der Waals surface area contributed by atoms with Gasteiger partial charge in [0.15, 0.2) is 0 Å². The molecular weight excluding hydrogens is 238 g/mol. The second-order valence-electron chi connectivity index (χ2n) is 3.88. The maximum absolute atomic E-state index is 4.54. The van der Waals surface area contributed by atoms with Crippen molar-refractivity contribution in [2.45, 2.75) is 12.8 Å². The molecule has 0 aliphatic carbocycles. The molecule has 90 valence electrons. The van der Waals surface area contributed by atoms with Crippen molar-refractivity contribution in [2.75, 3.05) is 18.0 Å². The average Bonchev–Trinajstić information content (AvgIpc) is 3.03. The summed E-state index contributed by atoms with van der Waals surface area (Å²) in [7, 11) is 0. The van der Waals surface area contributed by atoms with Gasteiger partial charge in [-0.05, 0) is 18.9 Å². The smallest absolute Gasteiger partial charge is 0.227 e. The third-order valence-corrected chi connectivity index (χ3v) is 2.79. The molecule has 1 fully saturated rings. The molecule has 2 aromatic rings. The molecule has 5 nitrogen and oxygen atoms in total. The average molecular weight is 252 g/mol. The maximum Gasteiger partial charge on any atom is 0.227 e. The highest BCUT2D eigenvalue weighted by atomic mass is 35.5. The summed E-state index contributed by atoms with van der Waals surface area (Å²) in [5, 5.41) is 0. The first-order chi connectivity index (χ1) is 7.93. The van der Waals surface area contributed by atoms with E-state index in [-0.39, 0.29) is 12.4 Å². The molecule has 2 aromatic heterocycles. The van der Waals surface area contributed by atoms with Gasteiger partial charge >= 0.3 is 0 Å². The molecule has 0 unspecified atom stereocenters. The Hall–Kier alpha value is -1.62. The van der Waals surface area contributed by atoms with Crippen LogP contribution in [0.25, 0.3) is 5.82 Å². The lowest BCUT2D eigenvalue weighted by molar-refractivity contribution is 0.875. The van der Waals surface area contributed by atoms with Crippen molar-refractivity contribution in [1.82, 2.24) is 19.5 Å². The summed E-state index contributed by atoms with van der Waals surface area (Å²) in [6.45, 7) is 2.13. The Morgan fingerprint density at radius 1 is 1.12 bits per heavy atom. The van der Waals surface area contributed by atoms with Crippen molar-refractivity contribution in [2.24, 2.45) is 0 Å². The van der Waals surface area contributed by atoms with Crippen LogP contribution in [0.2, 0.25) is 0 Å². The second kappa shape index (κ2) is 5.14. The Bertz CT molecular complexity index is 464. The Morgan fingerprint density at radius 2 is 1.94 bits per heavy atom. The van der Waals surface area contributed by atoms with Gasteiger partial charge in [0.2, 0.25) is 5.95 Å². The first-order valence-corrected chi connectivity index (χ1v) is 5.50. The van der Waals surface area contributed by atoms with Gasteiger partial charge in [-0.2, -0.15) is 4.98 Å². The fraction of sp³-hybridized carbons (Fsp3) is 0.364. The minimum atomic E-state index is 0. The van der Waals surface area contributed by atoms with Crippen LogP contribution in [0.5, 0.6) is 0 Å².